The molecule has 1 heterocycles. The fourth-order valence-corrected chi connectivity index (χ4v) is 3.51. The molecular weight excluding hydrogens is 352 g/mol. The number of ether oxygens (including phenoxy) is 2. The first-order chi connectivity index (χ1) is 13.6. The number of benzene rings is 2. The van der Waals surface area contributed by atoms with E-state index >= 15 is 0 Å². The van der Waals surface area contributed by atoms with E-state index in [2.05, 4.69) is 40.6 Å². The van der Waals surface area contributed by atoms with Crippen molar-refractivity contribution in [2.45, 2.75) is 19.4 Å². The zero-order valence-electron chi connectivity index (χ0n) is 16.8. The molecule has 2 aromatic rings. The van der Waals surface area contributed by atoms with E-state index in [0.29, 0.717) is 6.54 Å². The number of rotatable bonds is 7. The van der Waals surface area contributed by atoms with Gasteiger partial charge in [-0.25, -0.2) is 0 Å². The van der Waals surface area contributed by atoms with Crippen molar-refractivity contribution in [1.82, 2.24) is 10.2 Å². The topological polar surface area (TPSA) is 50.8 Å². The SMILES string of the molecule is COc1ccc(OC)c([C@@H](C)NC(=O)CN2CC=C(c3ccccc3)CC2)c1. The molecule has 1 aliphatic heterocycles. The molecule has 1 aliphatic rings. The number of amides is 1. The molecule has 1 atom stereocenters. The molecule has 5 nitrogen and oxygen atoms in total. The number of hydrogen-bond acceptors (Lipinski definition) is 4. The Balaban J connectivity index is 1.57. The molecule has 0 saturated carbocycles. The molecule has 0 radical (unpaired) electrons. The van der Waals surface area contributed by atoms with E-state index in [9.17, 15) is 4.79 Å². The quantitative estimate of drug-likeness (QED) is 0.796. The average molecular weight is 380 g/mol. The lowest BCUT2D eigenvalue weighted by Crippen LogP contribution is -2.40. The number of carbonyl (C=O) groups is 1. The predicted octanol–water partition coefficient (Wildman–Crippen LogP) is 3.67. The van der Waals surface area contributed by atoms with E-state index in [0.717, 1.165) is 36.6 Å². The summed E-state index contributed by atoms with van der Waals surface area (Å²) in [5.41, 5.74) is 3.53. The van der Waals surface area contributed by atoms with Gasteiger partial charge in [0.2, 0.25) is 5.91 Å². The van der Waals surface area contributed by atoms with Gasteiger partial charge in [0.05, 0.1) is 26.8 Å². The van der Waals surface area contributed by atoms with Gasteiger partial charge in [-0.1, -0.05) is 36.4 Å². The molecule has 0 aromatic heterocycles. The number of carbonyl (C=O) groups excluding carboxylic acids is 1. The van der Waals surface area contributed by atoms with Crippen molar-refractivity contribution in [1.29, 1.82) is 0 Å². The summed E-state index contributed by atoms with van der Waals surface area (Å²) < 4.78 is 10.7. The van der Waals surface area contributed by atoms with Crippen LogP contribution in [0.2, 0.25) is 0 Å². The molecule has 28 heavy (non-hydrogen) atoms. The van der Waals surface area contributed by atoms with E-state index in [1.807, 2.05) is 31.2 Å². The minimum absolute atomic E-state index is 0.00827. The Kier molecular flexibility index (Phi) is 6.71. The lowest BCUT2D eigenvalue weighted by Gasteiger charge is -2.27. The van der Waals surface area contributed by atoms with Crippen LogP contribution >= 0.6 is 0 Å². The predicted molar refractivity (Wildman–Crippen MR) is 112 cm³/mol. The molecule has 0 bridgehead atoms. The van der Waals surface area contributed by atoms with Crippen LogP contribution in [0.15, 0.2) is 54.6 Å². The lowest BCUT2D eigenvalue weighted by molar-refractivity contribution is -0.122. The molecule has 0 aliphatic carbocycles. The zero-order valence-corrected chi connectivity index (χ0v) is 16.8. The number of nitrogens with zero attached hydrogens (tertiary/aromatic N) is 1. The highest BCUT2D eigenvalue weighted by Gasteiger charge is 2.19. The Hall–Kier alpha value is -2.79. The molecule has 0 unspecified atom stereocenters. The molecule has 0 saturated heterocycles. The maximum Gasteiger partial charge on any atom is 0.234 e. The summed E-state index contributed by atoms with van der Waals surface area (Å²) in [7, 11) is 3.26. The summed E-state index contributed by atoms with van der Waals surface area (Å²) in [6.45, 7) is 4.01. The van der Waals surface area contributed by atoms with Gasteiger partial charge in [-0.15, -0.1) is 0 Å². The van der Waals surface area contributed by atoms with Crippen LogP contribution < -0.4 is 14.8 Å². The normalized spacial score (nSPS) is 15.5. The molecule has 0 fully saturated rings. The summed E-state index contributed by atoms with van der Waals surface area (Å²) >= 11 is 0. The highest BCUT2D eigenvalue weighted by atomic mass is 16.5. The van der Waals surface area contributed by atoms with Gasteiger partial charge in [-0.05, 0) is 42.7 Å². The van der Waals surface area contributed by atoms with Gasteiger partial charge in [0, 0.05) is 18.7 Å². The van der Waals surface area contributed by atoms with Crippen molar-refractivity contribution < 1.29 is 14.3 Å². The summed E-state index contributed by atoms with van der Waals surface area (Å²) in [4.78, 5) is 14.7. The summed E-state index contributed by atoms with van der Waals surface area (Å²) in [6, 6.07) is 15.9. The Labute approximate surface area is 167 Å². The van der Waals surface area contributed by atoms with Crippen molar-refractivity contribution in [2.24, 2.45) is 0 Å². The molecule has 3 rings (SSSR count). The Bertz CT molecular complexity index is 833. The Morgan fingerprint density at radius 3 is 2.57 bits per heavy atom. The van der Waals surface area contributed by atoms with E-state index in [4.69, 9.17) is 9.47 Å². The van der Waals surface area contributed by atoms with E-state index < -0.39 is 0 Å². The van der Waals surface area contributed by atoms with Crippen molar-refractivity contribution in [3.63, 3.8) is 0 Å². The van der Waals surface area contributed by atoms with Crippen molar-refractivity contribution >= 4 is 11.5 Å². The molecule has 1 amide bonds. The smallest absolute Gasteiger partial charge is 0.234 e. The van der Waals surface area contributed by atoms with Gasteiger partial charge in [0.1, 0.15) is 11.5 Å². The first-order valence-electron chi connectivity index (χ1n) is 9.59. The standard InChI is InChI=1S/C23H28N2O3/c1-17(21-15-20(27-2)9-10-22(21)28-3)24-23(26)16-25-13-11-19(12-14-25)18-7-5-4-6-8-18/h4-11,15,17H,12-14,16H2,1-3H3,(H,24,26)/t17-/m1/s1. The van der Waals surface area contributed by atoms with E-state index in [-0.39, 0.29) is 11.9 Å². The van der Waals surface area contributed by atoms with Crippen molar-refractivity contribution in [2.75, 3.05) is 33.9 Å². The second-order valence-corrected chi connectivity index (χ2v) is 6.98. The van der Waals surface area contributed by atoms with Crippen molar-refractivity contribution in [3.8, 4) is 11.5 Å². The molecule has 148 valence electrons. The van der Waals surface area contributed by atoms with Crippen LogP contribution in [-0.4, -0.2) is 44.7 Å². The van der Waals surface area contributed by atoms with Crippen LogP contribution in [0, 0.1) is 0 Å². The van der Waals surface area contributed by atoms with E-state index in [1.165, 1.54) is 11.1 Å². The van der Waals surface area contributed by atoms with Crippen LogP contribution in [-0.2, 0) is 4.79 Å². The van der Waals surface area contributed by atoms with E-state index in [1.54, 1.807) is 14.2 Å². The summed E-state index contributed by atoms with van der Waals surface area (Å²) in [5, 5.41) is 3.08. The first kappa shape index (κ1) is 20.0. The molecule has 2 aromatic carbocycles. The first-order valence-corrected chi connectivity index (χ1v) is 9.59. The highest BCUT2D eigenvalue weighted by Crippen LogP contribution is 2.29. The van der Waals surface area contributed by atoms with Crippen molar-refractivity contribution in [3.05, 3.63) is 65.7 Å². The average Bonchev–Trinajstić information content (AvgIpc) is 2.74. The van der Waals surface area contributed by atoms with Gasteiger partial charge in [0.15, 0.2) is 0 Å². The minimum Gasteiger partial charge on any atom is -0.497 e. The van der Waals surface area contributed by atoms with Gasteiger partial charge in [-0.2, -0.15) is 0 Å². The molecule has 5 heteroatoms. The third-order valence-electron chi connectivity index (χ3n) is 5.09. The van der Waals surface area contributed by atoms with Gasteiger partial charge < -0.3 is 14.8 Å². The molecular formula is C23H28N2O3. The van der Waals surface area contributed by atoms with Crippen LogP contribution in [0.5, 0.6) is 11.5 Å². The van der Waals surface area contributed by atoms with Crippen LogP contribution in [0.4, 0.5) is 0 Å². The number of nitrogens with one attached hydrogen (secondary N) is 1. The zero-order chi connectivity index (χ0) is 19.9. The minimum atomic E-state index is -0.169. The van der Waals surface area contributed by atoms with Gasteiger partial charge >= 0.3 is 0 Å². The van der Waals surface area contributed by atoms with Gasteiger partial charge in [0.25, 0.3) is 0 Å². The maximum atomic E-state index is 12.6. The third-order valence-corrected chi connectivity index (χ3v) is 5.09. The summed E-state index contributed by atoms with van der Waals surface area (Å²) in [5.74, 6) is 1.49. The second-order valence-electron chi connectivity index (χ2n) is 6.98. The number of hydrogen-bond donors (Lipinski definition) is 1. The van der Waals surface area contributed by atoms with Gasteiger partial charge in [-0.3, -0.25) is 9.69 Å². The van der Waals surface area contributed by atoms with Crippen LogP contribution in [0.1, 0.15) is 30.5 Å². The summed E-state index contributed by atoms with van der Waals surface area (Å²) in [6.07, 6.45) is 3.18. The highest BCUT2D eigenvalue weighted by molar-refractivity contribution is 5.79. The fourth-order valence-electron chi connectivity index (χ4n) is 3.51. The third kappa shape index (κ3) is 4.93. The maximum absolute atomic E-state index is 12.6. The number of methoxy groups -OCH3 is 2. The Morgan fingerprint density at radius 1 is 1.14 bits per heavy atom. The Morgan fingerprint density at radius 2 is 1.93 bits per heavy atom. The monoisotopic (exact) mass is 380 g/mol. The molecule has 0 spiro atoms. The lowest BCUT2D eigenvalue weighted by atomic mass is 9.99. The van der Waals surface area contributed by atoms with Crippen LogP contribution in [0.25, 0.3) is 5.57 Å². The fraction of sp³-hybridized carbons (Fsp3) is 0.348. The second kappa shape index (κ2) is 9.42. The largest absolute Gasteiger partial charge is 0.497 e. The molecule has 1 N–H and O–H groups in total. The van der Waals surface area contributed by atoms with Crippen LogP contribution in [0.3, 0.4) is 0 Å².